The Balaban J connectivity index is 1.70. The summed E-state index contributed by atoms with van der Waals surface area (Å²) in [7, 11) is 2.14. The van der Waals surface area contributed by atoms with E-state index in [0.29, 0.717) is 12.0 Å². The average Bonchev–Trinajstić information content (AvgIpc) is 2.85. The van der Waals surface area contributed by atoms with Crippen molar-refractivity contribution in [3.8, 4) is 0 Å². The third-order valence-corrected chi connectivity index (χ3v) is 4.79. The van der Waals surface area contributed by atoms with Crippen molar-refractivity contribution in [2.75, 3.05) is 19.6 Å². The monoisotopic (exact) mass is 286 g/mol. The van der Waals surface area contributed by atoms with Crippen LogP contribution < -0.4 is 5.73 Å². The van der Waals surface area contributed by atoms with E-state index < -0.39 is 0 Å². The SMILES string of the molecule is CCC(N)CN1CCC(c2nc3ccccc3n2C)CC1. The summed E-state index contributed by atoms with van der Waals surface area (Å²) in [6.07, 6.45) is 3.44. The van der Waals surface area contributed by atoms with Crippen molar-refractivity contribution >= 4 is 11.0 Å². The third kappa shape index (κ3) is 2.97. The number of hydrogen-bond acceptors (Lipinski definition) is 3. The fraction of sp³-hybridized carbons (Fsp3) is 0.588. The Morgan fingerprint density at radius 1 is 1.29 bits per heavy atom. The minimum atomic E-state index is 0.317. The highest BCUT2D eigenvalue weighted by atomic mass is 15.1. The molecule has 1 aliphatic heterocycles. The van der Waals surface area contributed by atoms with Gasteiger partial charge in [0.1, 0.15) is 5.82 Å². The number of hydrogen-bond donors (Lipinski definition) is 1. The number of imidazole rings is 1. The molecule has 1 aromatic heterocycles. The summed E-state index contributed by atoms with van der Waals surface area (Å²) in [5.41, 5.74) is 8.42. The molecule has 0 bridgehead atoms. The van der Waals surface area contributed by atoms with Gasteiger partial charge in [-0.2, -0.15) is 0 Å². The number of aryl methyl sites for hydroxylation is 1. The molecule has 0 amide bonds. The highest BCUT2D eigenvalue weighted by molar-refractivity contribution is 5.75. The molecule has 1 unspecified atom stereocenters. The summed E-state index contributed by atoms with van der Waals surface area (Å²) in [5, 5.41) is 0. The number of aromatic nitrogens is 2. The Labute approximate surface area is 126 Å². The molecule has 0 aliphatic carbocycles. The number of rotatable bonds is 4. The number of nitrogens with zero attached hydrogens (tertiary/aromatic N) is 3. The predicted molar refractivity (Wildman–Crippen MR) is 87.4 cm³/mol. The topological polar surface area (TPSA) is 47.1 Å². The average molecular weight is 286 g/mol. The van der Waals surface area contributed by atoms with E-state index in [9.17, 15) is 0 Å². The van der Waals surface area contributed by atoms with Crippen LogP contribution in [0, 0.1) is 0 Å². The normalized spacial score (nSPS) is 19.2. The lowest BCUT2D eigenvalue weighted by molar-refractivity contribution is 0.196. The van der Waals surface area contributed by atoms with Crippen LogP contribution in [0.2, 0.25) is 0 Å². The molecule has 0 saturated carbocycles. The fourth-order valence-corrected chi connectivity index (χ4v) is 3.36. The largest absolute Gasteiger partial charge is 0.331 e. The molecule has 1 aromatic carbocycles. The van der Waals surface area contributed by atoms with Gasteiger partial charge in [0.05, 0.1) is 11.0 Å². The molecule has 1 aliphatic rings. The summed E-state index contributed by atoms with van der Waals surface area (Å²) in [5.74, 6) is 1.83. The highest BCUT2D eigenvalue weighted by Gasteiger charge is 2.25. The predicted octanol–water partition coefficient (Wildman–Crippen LogP) is 2.49. The van der Waals surface area contributed by atoms with E-state index in [1.165, 1.54) is 24.2 Å². The Morgan fingerprint density at radius 2 is 2.00 bits per heavy atom. The lowest BCUT2D eigenvalue weighted by atomic mass is 9.95. The van der Waals surface area contributed by atoms with Gasteiger partial charge in [-0.25, -0.2) is 4.98 Å². The lowest BCUT2D eigenvalue weighted by Gasteiger charge is -2.33. The Morgan fingerprint density at radius 3 is 2.67 bits per heavy atom. The van der Waals surface area contributed by atoms with Gasteiger partial charge in [-0.1, -0.05) is 19.1 Å². The first kappa shape index (κ1) is 14.5. The molecule has 3 rings (SSSR count). The second-order valence-electron chi connectivity index (χ2n) is 6.26. The molecule has 21 heavy (non-hydrogen) atoms. The maximum absolute atomic E-state index is 6.07. The van der Waals surface area contributed by atoms with E-state index in [-0.39, 0.29) is 0 Å². The summed E-state index contributed by atoms with van der Waals surface area (Å²) >= 11 is 0. The molecule has 2 aromatic rings. The van der Waals surface area contributed by atoms with Crippen LogP contribution in [0.5, 0.6) is 0 Å². The number of nitrogens with two attached hydrogens (primary N) is 1. The van der Waals surface area contributed by atoms with Gasteiger partial charge in [-0.15, -0.1) is 0 Å². The van der Waals surface area contributed by atoms with Gasteiger partial charge in [0, 0.05) is 25.6 Å². The van der Waals surface area contributed by atoms with Crippen molar-refractivity contribution in [2.45, 2.75) is 38.1 Å². The highest BCUT2D eigenvalue weighted by Crippen LogP contribution is 2.29. The number of fused-ring (bicyclic) bond motifs is 1. The van der Waals surface area contributed by atoms with Gasteiger partial charge < -0.3 is 15.2 Å². The zero-order chi connectivity index (χ0) is 14.8. The van der Waals surface area contributed by atoms with Crippen molar-refractivity contribution < 1.29 is 0 Å². The summed E-state index contributed by atoms with van der Waals surface area (Å²) in [6.45, 7) is 5.48. The number of para-hydroxylation sites is 2. The molecule has 1 fully saturated rings. The van der Waals surface area contributed by atoms with Crippen molar-refractivity contribution in [1.82, 2.24) is 14.5 Å². The van der Waals surface area contributed by atoms with Gasteiger partial charge in [-0.3, -0.25) is 0 Å². The first-order chi connectivity index (χ1) is 10.2. The fourth-order valence-electron chi connectivity index (χ4n) is 3.36. The molecular weight excluding hydrogens is 260 g/mol. The molecule has 2 N–H and O–H groups in total. The standard InChI is InChI=1S/C17H26N4/c1-3-14(18)12-21-10-8-13(9-11-21)17-19-15-6-4-5-7-16(15)20(17)2/h4-7,13-14H,3,8-12,18H2,1-2H3. The maximum Gasteiger partial charge on any atom is 0.112 e. The minimum Gasteiger partial charge on any atom is -0.331 e. The van der Waals surface area contributed by atoms with Crippen LogP contribution in [-0.4, -0.2) is 40.1 Å². The van der Waals surface area contributed by atoms with Crippen LogP contribution in [0.1, 0.15) is 37.9 Å². The van der Waals surface area contributed by atoms with Crippen LogP contribution >= 0.6 is 0 Å². The van der Waals surface area contributed by atoms with E-state index >= 15 is 0 Å². The molecule has 1 saturated heterocycles. The van der Waals surface area contributed by atoms with E-state index in [4.69, 9.17) is 10.7 Å². The van der Waals surface area contributed by atoms with Gasteiger partial charge >= 0.3 is 0 Å². The van der Waals surface area contributed by atoms with Gasteiger partial charge in [-0.05, 0) is 44.5 Å². The Hall–Kier alpha value is -1.39. The summed E-state index contributed by atoms with van der Waals surface area (Å²) < 4.78 is 2.27. The molecule has 4 nitrogen and oxygen atoms in total. The molecule has 0 spiro atoms. The van der Waals surface area contributed by atoms with Crippen LogP contribution in [0.3, 0.4) is 0 Å². The van der Waals surface area contributed by atoms with E-state index in [1.807, 2.05) is 0 Å². The first-order valence-electron chi connectivity index (χ1n) is 8.08. The number of piperidine rings is 1. The second-order valence-corrected chi connectivity index (χ2v) is 6.26. The molecule has 0 radical (unpaired) electrons. The van der Waals surface area contributed by atoms with Crippen molar-refractivity contribution in [3.63, 3.8) is 0 Å². The van der Waals surface area contributed by atoms with Crippen LogP contribution in [0.25, 0.3) is 11.0 Å². The third-order valence-electron chi connectivity index (χ3n) is 4.79. The van der Waals surface area contributed by atoms with E-state index in [2.05, 4.69) is 47.7 Å². The molecule has 114 valence electrons. The van der Waals surface area contributed by atoms with Gasteiger partial charge in [0.15, 0.2) is 0 Å². The van der Waals surface area contributed by atoms with Gasteiger partial charge in [0.2, 0.25) is 0 Å². The van der Waals surface area contributed by atoms with Crippen molar-refractivity contribution in [3.05, 3.63) is 30.1 Å². The number of likely N-dealkylation sites (tertiary alicyclic amines) is 1. The van der Waals surface area contributed by atoms with E-state index in [0.717, 1.165) is 31.6 Å². The zero-order valence-corrected chi connectivity index (χ0v) is 13.1. The van der Waals surface area contributed by atoms with Crippen LogP contribution in [0.4, 0.5) is 0 Å². The van der Waals surface area contributed by atoms with Crippen LogP contribution in [0.15, 0.2) is 24.3 Å². The second kappa shape index (κ2) is 6.16. The smallest absolute Gasteiger partial charge is 0.112 e. The maximum atomic E-state index is 6.07. The van der Waals surface area contributed by atoms with Crippen molar-refractivity contribution in [1.29, 1.82) is 0 Å². The number of benzene rings is 1. The molecule has 4 heteroatoms. The summed E-state index contributed by atoms with van der Waals surface area (Å²) in [4.78, 5) is 7.37. The lowest BCUT2D eigenvalue weighted by Crippen LogP contribution is -2.41. The molecule has 2 heterocycles. The quantitative estimate of drug-likeness (QED) is 0.939. The molecule has 1 atom stereocenters. The first-order valence-corrected chi connectivity index (χ1v) is 8.08. The van der Waals surface area contributed by atoms with E-state index in [1.54, 1.807) is 0 Å². The Bertz CT molecular complexity index is 596. The zero-order valence-electron chi connectivity index (χ0n) is 13.1. The van der Waals surface area contributed by atoms with Gasteiger partial charge in [0.25, 0.3) is 0 Å². The van der Waals surface area contributed by atoms with Crippen molar-refractivity contribution in [2.24, 2.45) is 12.8 Å². The van der Waals surface area contributed by atoms with Crippen LogP contribution in [-0.2, 0) is 7.05 Å². The Kier molecular flexibility index (Phi) is 4.27. The molecular formula is C17H26N4. The summed E-state index contributed by atoms with van der Waals surface area (Å²) in [6, 6.07) is 8.73. The minimum absolute atomic E-state index is 0.317.